The average molecular weight is 480 g/mol. The SMILES string of the molecule is CCCCNC(=O)c1nn2c(c1Cl)N[C@H](c1ccc(Br)cc1)C[C@H]2C(F)(F)F. The zero-order valence-electron chi connectivity index (χ0n) is 15.0. The van der Waals surface area contributed by atoms with Gasteiger partial charge in [0.1, 0.15) is 10.8 Å². The third-order valence-corrected chi connectivity index (χ3v) is 5.49. The van der Waals surface area contributed by atoms with Crippen molar-refractivity contribution in [2.45, 2.75) is 44.4 Å². The lowest BCUT2D eigenvalue weighted by molar-refractivity contribution is -0.173. The molecule has 1 aromatic carbocycles. The summed E-state index contributed by atoms with van der Waals surface area (Å²) in [7, 11) is 0. The summed E-state index contributed by atoms with van der Waals surface area (Å²) in [4.78, 5) is 12.3. The second kappa shape index (κ2) is 8.32. The van der Waals surface area contributed by atoms with Crippen molar-refractivity contribution in [3.63, 3.8) is 0 Å². The average Bonchev–Trinajstić information content (AvgIpc) is 2.98. The highest BCUT2D eigenvalue weighted by Gasteiger charge is 2.47. The van der Waals surface area contributed by atoms with E-state index in [9.17, 15) is 18.0 Å². The molecule has 2 heterocycles. The van der Waals surface area contributed by atoms with Crippen molar-refractivity contribution >= 4 is 39.3 Å². The van der Waals surface area contributed by atoms with Crippen LogP contribution >= 0.6 is 27.5 Å². The first-order valence-electron chi connectivity index (χ1n) is 8.87. The summed E-state index contributed by atoms with van der Waals surface area (Å²) in [6, 6.07) is 4.52. The lowest BCUT2D eigenvalue weighted by atomic mass is 9.97. The molecule has 0 radical (unpaired) electrons. The molecular formula is C18H19BrClF3N4O. The van der Waals surface area contributed by atoms with Crippen LogP contribution in [0.25, 0.3) is 0 Å². The van der Waals surface area contributed by atoms with Crippen LogP contribution in [0.4, 0.5) is 19.0 Å². The van der Waals surface area contributed by atoms with Gasteiger partial charge in [-0.3, -0.25) is 4.79 Å². The molecule has 1 aromatic heterocycles. The first-order chi connectivity index (χ1) is 13.2. The van der Waals surface area contributed by atoms with E-state index >= 15 is 0 Å². The van der Waals surface area contributed by atoms with Crippen molar-refractivity contribution in [3.8, 4) is 0 Å². The number of carbonyl (C=O) groups is 1. The third kappa shape index (κ3) is 4.30. The van der Waals surface area contributed by atoms with Crippen molar-refractivity contribution in [2.24, 2.45) is 0 Å². The van der Waals surface area contributed by atoms with Crippen LogP contribution in [-0.4, -0.2) is 28.4 Å². The number of anilines is 1. The summed E-state index contributed by atoms with van der Waals surface area (Å²) in [5.74, 6) is -0.577. The number of halogens is 5. The fraction of sp³-hybridized carbons (Fsp3) is 0.444. The summed E-state index contributed by atoms with van der Waals surface area (Å²) in [5, 5.41) is 9.45. The van der Waals surface area contributed by atoms with E-state index in [-0.39, 0.29) is 23.0 Å². The van der Waals surface area contributed by atoms with Crippen molar-refractivity contribution in [1.29, 1.82) is 0 Å². The molecule has 0 spiro atoms. The van der Waals surface area contributed by atoms with E-state index in [1.807, 2.05) is 6.92 Å². The lowest BCUT2D eigenvalue weighted by Crippen LogP contribution is -2.36. The van der Waals surface area contributed by atoms with Crippen LogP contribution in [0.2, 0.25) is 5.02 Å². The van der Waals surface area contributed by atoms with Gasteiger partial charge in [-0.1, -0.05) is 53.0 Å². The van der Waals surface area contributed by atoms with E-state index in [0.717, 1.165) is 22.0 Å². The van der Waals surface area contributed by atoms with Gasteiger partial charge in [0, 0.05) is 17.4 Å². The minimum absolute atomic E-state index is 0.00352. The molecule has 3 rings (SSSR count). The van der Waals surface area contributed by atoms with E-state index in [4.69, 9.17) is 11.6 Å². The molecule has 0 saturated carbocycles. The molecule has 1 aliphatic heterocycles. The Balaban J connectivity index is 1.96. The Hall–Kier alpha value is -1.74. The molecule has 2 N–H and O–H groups in total. The Morgan fingerprint density at radius 1 is 1.39 bits per heavy atom. The summed E-state index contributed by atoms with van der Waals surface area (Å²) in [6.45, 7) is 2.38. The number of hydrogen-bond acceptors (Lipinski definition) is 3. The van der Waals surface area contributed by atoms with Crippen molar-refractivity contribution in [1.82, 2.24) is 15.1 Å². The van der Waals surface area contributed by atoms with E-state index in [1.165, 1.54) is 0 Å². The second-order valence-corrected chi connectivity index (χ2v) is 7.90. The van der Waals surface area contributed by atoms with E-state index in [2.05, 4.69) is 31.7 Å². The van der Waals surface area contributed by atoms with Gasteiger partial charge in [0.15, 0.2) is 11.7 Å². The molecule has 1 amide bonds. The number of nitrogens with zero attached hydrogens (tertiary/aromatic N) is 2. The van der Waals surface area contributed by atoms with Gasteiger partial charge in [0.25, 0.3) is 5.91 Å². The van der Waals surface area contributed by atoms with E-state index in [1.54, 1.807) is 24.3 Å². The predicted molar refractivity (Wildman–Crippen MR) is 105 cm³/mol. The summed E-state index contributed by atoms with van der Waals surface area (Å²) < 4.78 is 42.8. The molecule has 0 unspecified atom stereocenters. The number of aromatic nitrogens is 2. The van der Waals surface area contributed by atoms with Crippen LogP contribution in [-0.2, 0) is 0 Å². The third-order valence-electron chi connectivity index (χ3n) is 4.60. The van der Waals surface area contributed by atoms with Gasteiger partial charge < -0.3 is 10.6 Å². The Morgan fingerprint density at radius 3 is 2.68 bits per heavy atom. The maximum absolute atomic E-state index is 13.7. The standard InChI is InChI=1S/C18H19BrClF3N4O/c1-2-3-8-24-17(28)15-14(20)16-25-12(10-4-6-11(19)7-5-10)9-13(18(21,22)23)27(16)26-15/h4-7,12-13,25H,2-3,8-9H2,1H3,(H,24,28)/t12-,13-/m0/s1. The van der Waals surface area contributed by atoms with Gasteiger partial charge in [0.05, 0.1) is 6.04 Å². The highest BCUT2D eigenvalue weighted by atomic mass is 79.9. The maximum Gasteiger partial charge on any atom is 0.410 e. The number of carbonyl (C=O) groups excluding carboxylic acids is 1. The molecule has 2 aromatic rings. The molecule has 0 aliphatic carbocycles. The van der Waals surface area contributed by atoms with Crippen LogP contribution < -0.4 is 10.6 Å². The van der Waals surface area contributed by atoms with Crippen molar-refractivity contribution < 1.29 is 18.0 Å². The van der Waals surface area contributed by atoms with Gasteiger partial charge in [-0.05, 0) is 24.1 Å². The molecule has 152 valence electrons. The van der Waals surface area contributed by atoms with Gasteiger partial charge in [-0.2, -0.15) is 18.3 Å². The number of fused-ring (bicyclic) bond motifs is 1. The van der Waals surface area contributed by atoms with Crippen LogP contribution in [0.3, 0.4) is 0 Å². The number of nitrogens with one attached hydrogen (secondary N) is 2. The number of amides is 1. The lowest BCUT2D eigenvalue weighted by Gasteiger charge is -2.33. The van der Waals surface area contributed by atoms with Gasteiger partial charge in [-0.15, -0.1) is 0 Å². The Labute approximate surface area is 173 Å². The minimum Gasteiger partial charge on any atom is -0.362 e. The minimum atomic E-state index is -4.53. The first kappa shape index (κ1) is 21.0. The number of hydrogen-bond donors (Lipinski definition) is 2. The fourth-order valence-corrected chi connectivity index (χ4v) is 3.64. The van der Waals surface area contributed by atoms with Crippen LogP contribution in [0.5, 0.6) is 0 Å². The molecule has 1 aliphatic rings. The summed E-state index contributed by atoms with van der Waals surface area (Å²) >= 11 is 9.58. The largest absolute Gasteiger partial charge is 0.410 e. The quantitative estimate of drug-likeness (QED) is 0.558. The van der Waals surface area contributed by atoms with Crippen LogP contribution in [0.1, 0.15) is 54.3 Å². The highest BCUT2D eigenvalue weighted by Crippen LogP contribution is 2.46. The molecule has 5 nitrogen and oxygen atoms in total. The molecule has 2 atom stereocenters. The smallest absolute Gasteiger partial charge is 0.362 e. The molecule has 10 heteroatoms. The Kier molecular flexibility index (Phi) is 6.24. The number of unbranched alkanes of at least 4 members (excludes halogenated alkanes) is 1. The molecule has 0 fully saturated rings. The molecule has 28 heavy (non-hydrogen) atoms. The normalized spacial score (nSPS) is 19.1. The monoisotopic (exact) mass is 478 g/mol. The zero-order valence-corrected chi connectivity index (χ0v) is 17.3. The molecular weight excluding hydrogens is 461 g/mol. The van der Waals surface area contributed by atoms with E-state index < -0.39 is 24.2 Å². The zero-order chi connectivity index (χ0) is 20.5. The second-order valence-electron chi connectivity index (χ2n) is 6.61. The molecule has 0 saturated heterocycles. The number of rotatable bonds is 5. The number of alkyl halides is 3. The van der Waals surface area contributed by atoms with Crippen molar-refractivity contribution in [3.05, 3.63) is 45.0 Å². The first-order valence-corrected chi connectivity index (χ1v) is 10.0. The summed E-state index contributed by atoms with van der Waals surface area (Å²) in [5.41, 5.74) is 0.487. The van der Waals surface area contributed by atoms with Crippen LogP contribution in [0.15, 0.2) is 28.7 Å². The van der Waals surface area contributed by atoms with Crippen LogP contribution in [0, 0.1) is 0 Å². The molecule has 0 bridgehead atoms. The fourth-order valence-electron chi connectivity index (χ4n) is 3.11. The van der Waals surface area contributed by atoms with Gasteiger partial charge >= 0.3 is 6.18 Å². The topological polar surface area (TPSA) is 59.0 Å². The van der Waals surface area contributed by atoms with E-state index in [0.29, 0.717) is 12.1 Å². The number of benzene rings is 1. The Morgan fingerprint density at radius 2 is 2.07 bits per heavy atom. The predicted octanol–water partition coefficient (Wildman–Crippen LogP) is 5.49. The highest BCUT2D eigenvalue weighted by molar-refractivity contribution is 9.10. The Bertz CT molecular complexity index is 854. The van der Waals surface area contributed by atoms with Gasteiger partial charge in [0.2, 0.25) is 0 Å². The van der Waals surface area contributed by atoms with Crippen molar-refractivity contribution in [2.75, 3.05) is 11.9 Å². The van der Waals surface area contributed by atoms with Gasteiger partial charge in [-0.25, -0.2) is 4.68 Å². The summed E-state index contributed by atoms with van der Waals surface area (Å²) in [6.07, 6.45) is -3.16. The maximum atomic E-state index is 13.7.